The van der Waals surface area contributed by atoms with Crippen molar-refractivity contribution in [3.63, 3.8) is 0 Å². The molecule has 0 bridgehead atoms. The van der Waals surface area contributed by atoms with Crippen LogP contribution in [0.25, 0.3) is 0 Å². The number of likely N-dealkylation sites (N-methyl/N-ethyl adjacent to an activating group) is 1. The molecular weight excluding hydrogens is 1080 g/mol. The molecule has 492 valence electrons. The van der Waals surface area contributed by atoms with Crippen LogP contribution in [0.15, 0.2) is 158 Å². The molecule has 0 rings (SSSR count). The van der Waals surface area contributed by atoms with Gasteiger partial charge in [0.1, 0.15) is 13.2 Å². The number of allylic oxidation sites excluding steroid dienone is 26. The first-order valence-electron chi connectivity index (χ1n) is 34.6. The van der Waals surface area contributed by atoms with Crippen molar-refractivity contribution in [1.82, 2.24) is 0 Å². The van der Waals surface area contributed by atoms with E-state index in [1.165, 1.54) is 83.5 Å². The maximum Gasteiger partial charge on any atom is 0.306 e. The standard InChI is InChI=1S/C78H127NO8/c1-6-8-10-12-14-16-18-20-22-24-26-28-30-32-34-36-38-40-42-44-46-48-50-52-54-56-58-60-62-64-66-68-75(80)85-72-74(73-86-78(77(82)83)84-71-70-79(3,4)5)87-76(81)69-67-65-63-61-59-57-55-53-51-49-47-45-43-41-39-37-35-33-31-29-27-25-23-21-19-17-15-13-11-9-7-2/h8-11,14-17,20-23,26-29,32-35,39,41,45,47,51,53,74,78H,6-7,12-13,18-19,24-25,30-31,36-38,40,42-44,46,48-50,52,54-73H2,1-5H3/b10-8-,11-9-,16-14-,17-15-,22-20-,23-21-,28-26-,29-27-,34-32-,35-33-,41-39-,47-45-,53-51-. The molecule has 0 aliphatic heterocycles. The average Bonchev–Trinajstić information content (AvgIpc) is 3.56. The molecule has 9 heteroatoms. The second-order valence-electron chi connectivity index (χ2n) is 23.7. The van der Waals surface area contributed by atoms with Gasteiger partial charge in [-0.1, -0.05) is 281 Å². The lowest BCUT2D eigenvalue weighted by Gasteiger charge is -2.26. The van der Waals surface area contributed by atoms with Gasteiger partial charge in [-0.2, -0.15) is 0 Å². The van der Waals surface area contributed by atoms with Crippen molar-refractivity contribution in [2.24, 2.45) is 0 Å². The summed E-state index contributed by atoms with van der Waals surface area (Å²) < 4.78 is 22.8. The summed E-state index contributed by atoms with van der Waals surface area (Å²) in [5.74, 6) is -2.31. The molecular formula is C78H127NO8. The Labute approximate surface area is 534 Å². The van der Waals surface area contributed by atoms with Crippen molar-refractivity contribution < 1.29 is 42.9 Å². The molecule has 0 fully saturated rings. The van der Waals surface area contributed by atoms with Crippen molar-refractivity contribution in [1.29, 1.82) is 0 Å². The van der Waals surface area contributed by atoms with Gasteiger partial charge in [-0.3, -0.25) is 9.59 Å². The van der Waals surface area contributed by atoms with Gasteiger partial charge in [0.2, 0.25) is 0 Å². The summed E-state index contributed by atoms with van der Waals surface area (Å²) in [6, 6.07) is 0. The zero-order chi connectivity index (χ0) is 63.3. The number of rotatable bonds is 62. The van der Waals surface area contributed by atoms with E-state index in [4.69, 9.17) is 18.9 Å². The number of carbonyl (C=O) groups excluding carboxylic acids is 3. The van der Waals surface area contributed by atoms with Crippen molar-refractivity contribution in [2.75, 3.05) is 47.5 Å². The number of nitrogens with zero attached hydrogens (tertiary/aromatic N) is 1. The second kappa shape index (κ2) is 66.9. The van der Waals surface area contributed by atoms with E-state index in [0.717, 1.165) is 141 Å². The molecule has 87 heavy (non-hydrogen) atoms. The summed E-state index contributed by atoms with van der Waals surface area (Å²) in [7, 11) is 5.92. The van der Waals surface area contributed by atoms with Crippen LogP contribution in [0, 0.1) is 0 Å². The zero-order valence-corrected chi connectivity index (χ0v) is 56.1. The van der Waals surface area contributed by atoms with Gasteiger partial charge in [-0.15, -0.1) is 0 Å². The minimum Gasteiger partial charge on any atom is -0.545 e. The Balaban J connectivity index is 4.21. The summed E-state index contributed by atoms with van der Waals surface area (Å²) in [6.45, 7) is 4.50. The molecule has 0 spiro atoms. The van der Waals surface area contributed by atoms with E-state index in [2.05, 4.69) is 172 Å². The number of hydrogen-bond donors (Lipinski definition) is 0. The van der Waals surface area contributed by atoms with Crippen LogP contribution in [-0.4, -0.2) is 82.3 Å². The molecule has 2 atom stereocenters. The van der Waals surface area contributed by atoms with Crippen LogP contribution in [0.2, 0.25) is 0 Å². The number of ether oxygens (including phenoxy) is 4. The normalized spacial score (nSPS) is 13.7. The fourth-order valence-corrected chi connectivity index (χ4v) is 9.05. The van der Waals surface area contributed by atoms with Gasteiger partial charge in [0, 0.05) is 12.8 Å². The van der Waals surface area contributed by atoms with E-state index in [1.54, 1.807) is 0 Å². The lowest BCUT2D eigenvalue weighted by Crippen LogP contribution is -2.44. The quantitative estimate of drug-likeness (QED) is 0.0195. The highest BCUT2D eigenvalue weighted by molar-refractivity contribution is 5.70. The molecule has 0 aromatic rings. The fraction of sp³-hybridized carbons (Fsp3) is 0.628. The summed E-state index contributed by atoms with van der Waals surface area (Å²) in [5.41, 5.74) is 0. The highest BCUT2D eigenvalue weighted by Gasteiger charge is 2.22. The van der Waals surface area contributed by atoms with Gasteiger partial charge in [-0.05, 0) is 122 Å². The first-order valence-corrected chi connectivity index (χ1v) is 34.6. The third kappa shape index (κ3) is 68.3. The predicted octanol–water partition coefficient (Wildman–Crippen LogP) is 20.4. The van der Waals surface area contributed by atoms with Crippen LogP contribution in [0.5, 0.6) is 0 Å². The Morgan fingerprint density at radius 1 is 0.345 bits per heavy atom. The van der Waals surface area contributed by atoms with Crippen LogP contribution in [0.1, 0.15) is 258 Å². The zero-order valence-electron chi connectivity index (χ0n) is 56.1. The lowest BCUT2D eigenvalue weighted by atomic mass is 10.0. The van der Waals surface area contributed by atoms with E-state index in [1.807, 2.05) is 21.1 Å². The van der Waals surface area contributed by atoms with Gasteiger partial charge in [0.05, 0.1) is 40.3 Å². The smallest absolute Gasteiger partial charge is 0.306 e. The Morgan fingerprint density at radius 3 is 0.920 bits per heavy atom. The Morgan fingerprint density at radius 2 is 0.621 bits per heavy atom. The first kappa shape index (κ1) is 81.9. The molecule has 0 amide bonds. The number of aliphatic carboxylic acids is 1. The Kier molecular flexibility index (Phi) is 62.9. The van der Waals surface area contributed by atoms with Gasteiger partial charge in [-0.25, -0.2) is 0 Å². The molecule has 0 saturated carbocycles. The van der Waals surface area contributed by atoms with E-state index >= 15 is 0 Å². The average molecular weight is 1210 g/mol. The molecule has 9 nitrogen and oxygen atoms in total. The van der Waals surface area contributed by atoms with E-state index in [9.17, 15) is 19.5 Å². The number of carboxylic acid groups (broad SMARTS) is 1. The number of carboxylic acids is 1. The molecule has 0 aliphatic carbocycles. The minimum atomic E-state index is -1.64. The SMILES string of the molecule is CC/C=C\C/C=C\C/C=C\C/C=C\C/C=C\C/C=C\C/C=C\C/C=C\CCCCCCCCC(=O)OC(COC(=O)CCCCCCCCCCCCCCCCC/C=C\C/C=C\C/C=C\C/C=C\C/C=C\CC)COC(OCC[N+](C)(C)C)C(=O)[O-]. The molecule has 2 unspecified atom stereocenters. The highest BCUT2D eigenvalue weighted by atomic mass is 16.7. The highest BCUT2D eigenvalue weighted by Crippen LogP contribution is 2.16. The molecule has 0 saturated heterocycles. The lowest BCUT2D eigenvalue weighted by molar-refractivity contribution is -0.870. The fourth-order valence-electron chi connectivity index (χ4n) is 9.05. The summed E-state index contributed by atoms with van der Waals surface area (Å²) in [5, 5.41) is 11.8. The van der Waals surface area contributed by atoms with Crippen LogP contribution in [0.3, 0.4) is 0 Å². The predicted molar refractivity (Wildman–Crippen MR) is 370 cm³/mol. The monoisotopic (exact) mass is 1210 g/mol. The topological polar surface area (TPSA) is 111 Å². The molecule has 0 aromatic heterocycles. The molecule has 0 radical (unpaired) electrons. The molecule has 0 aliphatic rings. The largest absolute Gasteiger partial charge is 0.545 e. The van der Waals surface area contributed by atoms with Crippen LogP contribution in [-0.2, 0) is 33.3 Å². The van der Waals surface area contributed by atoms with Gasteiger partial charge in [0.25, 0.3) is 0 Å². The number of unbranched alkanes of at least 4 members (excludes halogenated alkanes) is 21. The van der Waals surface area contributed by atoms with Gasteiger partial charge >= 0.3 is 11.9 Å². The van der Waals surface area contributed by atoms with E-state index < -0.39 is 24.3 Å². The summed E-state index contributed by atoms with van der Waals surface area (Å²) in [4.78, 5) is 37.5. The Bertz CT molecular complexity index is 1990. The number of carbonyl (C=O) groups is 3. The summed E-state index contributed by atoms with van der Waals surface area (Å²) >= 11 is 0. The Hall–Kier alpha value is -5.09. The third-order valence-electron chi connectivity index (χ3n) is 14.3. The van der Waals surface area contributed by atoms with Crippen molar-refractivity contribution in [3.05, 3.63) is 158 Å². The van der Waals surface area contributed by atoms with Gasteiger partial charge < -0.3 is 33.3 Å². The maximum atomic E-state index is 12.9. The maximum absolute atomic E-state index is 12.9. The minimum absolute atomic E-state index is 0.137. The molecule has 0 aromatic carbocycles. The van der Waals surface area contributed by atoms with E-state index in [0.29, 0.717) is 17.4 Å². The van der Waals surface area contributed by atoms with Crippen molar-refractivity contribution in [3.8, 4) is 0 Å². The van der Waals surface area contributed by atoms with Crippen molar-refractivity contribution in [2.45, 2.75) is 270 Å². The van der Waals surface area contributed by atoms with Crippen LogP contribution in [0.4, 0.5) is 0 Å². The van der Waals surface area contributed by atoms with Crippen molar-refractivity contribution >= 4 is 17.9 Å². The van der Waals surface area contributed by atoms with Crippen LogP contribution >= 0.6 is 0 Å². The molecule has 0 heterocycles. The number of quaternary nitrogens is 1. The number of hydrogen-bond acceptors (Lipinski definition) is 8. The summed E-state index contributed by atoms with van der Waals surface area (Å²) in [6.07, 6.45) is 96.0. The number of esters is 2. The van der Waals surface area contributed by atoms with E-state index in [-0.39, 0.29) is 38.6 Å². The van der Waals surface area contributed by atoms with Gasteiger partial charge in [0.15, 0.2) is 12.4 Å². The third-order valence-corrected chi connectivity index (χ3v) is 14.3. The second-order valence-corrected chi connectivity index (χ2v) is 23.7. The van der Waals surface area contributed by atoms with Crippen LogP contribution < -0.4 is 5.11 Å². The first-order chi connectivity index (χ1) is 42.6. The molecule has 0 N–H and O–H groups in total.